The maximum Gasteiger partial charge on any atom is 0.0931 e. The maximum atomic E-state index is 3.42. The number of likely N-dealkylation sites (tertiary alicyclic amines) is 1. The molecule has 0 amide bonds. The Morgan fingerprint density at radius 3 is 2.58 bits per heavy atom. The van der Waals surface area contributed by atoms with Crippen LogP contribution in [0.15, 0.2) is 48.5 Å². The molecule has 0 radical (unpaired) electrons. The van der Waals surface area contributed by atoms with Gasteiger partial charge in [-0.25, -0.2) is 0 Å². The van der Waals surface area contributed by atoms with Gasteiger partial charge in [-0.2, -0.15) is 0 Å². The number of benzene rings is 2. The highest BCUT2D eigenvalue weighted by molar-refractivity contribution is 5.86. The first-order chi connectivity index (χ1) is 15.1. The summed E-state index contributed by atoms with van der Waals surface area (Å²) in [6.07, 6.45) is 5.15. The second-order valence-electron chi connectivity index (χ2n) is 8.93. The van der Waals surface area contributed by atoms with Crippen molar-refractivity contribution in [3.05, 3.63) is 65.4 Å². The summed E-state index contributed by atoms with van der Waals surface area (Å²) >= 11 is 0. The highest BCUT2D eigenvalue weighted by atomic mass is 15.1. The predicted molar refractivity (Wildman–Crippen MR) is 133 cm³/mol. The van der Waals surface area contributed by atoms with Crippen LogP contribution in [0.4, 0.5) is 5.69 Å². The average Bonchev–Trinajstić information content (AvgIpc) is 3.15. The SMILES string of the molecule is CCn1c(C#CCNc2ccc(C)cc2)cc2c(CCC3CCN(C)CC3)cccc21. The van der Waals surface area contributed by atoms with Gasteiger partial charge in [-0.15, -0.1) is 0 Å². The molecular formula is C28H35N3. The quantitative estimate of drug-likeness (QED) is 0.523. The fourth-order valence-electron chi connectivity index (χ4n) is 4.67. The smallest absolute Gasteiger partial charge is 0.0931 e. The number of anilines is 1. The van der Waals surface area contributed by atoms with E-state index in [9.17, 15) is 0 Å². The molecule has 3 aromatic rings. The van der Waals surface area contributed by atoms with E-state index < -0.39 is 0 Å². The lowest BCUT2D eigenvalue weighted by Gasteiger charge is -2.28. The summed E-state index contributed by atoms with van der Waals surface area (Å²) in [5.74, 6) is 7.61. The first-order valence-electron chi connectivity index (χ1n) is 11.7. The van der Waals surface area contributed by atoms with Crippen molar-refractivity contribution in [3.8, 4) is 11.8 Å². The van der Waals surface area contributed by atoms with E-state index in [0.29, 0.717) is 6.54 Å². The van der Waals surface area contributed by atoms with Crippen LogP contribution in [0.3, 0.4) is 0 Å². The minimum Gasteiger partial charge on any atom is -0.374 e. The highest BCUT2D eigenvalue weighted by Crippen LogP contribution is 2.27. The molecule has 3 heteroatoms. The van der Waals surface area contributed by atoms with Crippen LogP contribution in [-0.4, -0.2) is 36.1 Å². The van der Waals surface area contributed by atoms with E-state index in [1.54, 1.807) is 0 Å². The van der Waals surface area contributed by atoms with Gasteiger partial charge in [0.2, 0.25) is 0 Å². The fourth-order valence-corrected chi connectivity index (χ4v) is 4.67. The molecule has 31 heavy (non-hydrogen) atoms. The Labute approximate surface area is 187 Å². The standard InChI is InChI=1S/C28H35N3/c1-4-31-26(8-6-18-29-25-14-10-22(2)11-15-25)21-27-24(7-5-9-28(27)31)13-12-23-16-19-30(3)20-17-23/h5,7,9-11,14-15,21,23,29H,4,12-13,16-20H2,1-3H3. The lowest BCUT2D eigenvalue weighted by atomic mass is 9.90. The molecule has 1 fully saturated rings. The van der Waals surface area contributed by atoms with Crippen LogP contribution in [0, 0.1) is 24.7 Å². The van der Waals surface area contributed by atoms with Crippen molar-refractivity contribution < 1.29 is 0 Å². The Morgan fingerprint density at radius 1 is 1.06 bits per heavy atom. The zero-order valence-electron chi connectivity index (χ0n) is 19.2. The van der Waals surface area contributed by atoms with Crippen LogP contribution in [-0.2, 0) is 13.0 Å². The Hall–Kier alpha value is -2.70. The van der Waals surface area contributed by atoms with Gasteiger partial charge in [0.05, 0.1) is 12.2 Å². The number of hydrogen-bond donors (Lipinski definition) is 1. The minimum absolute atomic E-state index is 0.650. The molecule has 1 N–H and O–H groups in total. The number of rotatable bonds is 6. The molecule has 1 saturated heterocycles. The van der Waals surface area contributed by atoms with Gasteiger partial charge in [0.15, 0.2) is 0 Å². The van der Waals surface area contributed by atoms with Crippen molar-refractivity contribution in [2.75, 3.05) is 32.0 Å². The lowest BCUT2D eigenvalue weighted by molar-refractivity contribution is 0.212. The van der Waals surface area contributed by atoms with Crippen LogP contribution in [0.1, 0.15) is 43.0 Å². The first-order valence-corrected chi connectivity index (χ1v) is 11.7. The second kappa shape index (κ2) is 10.1. The number of piperidine rings is 1. The first kappa shape index (κ1) is 21.5. The Balaban J connectivity index is 1.46. The summed E-state index contributed by atoms with van der Waals surface area (Å²) in [4.78, 5) is 2.46. The van der Waals surface area contributed by atoms with Crippen molar-refractivity contribution in [2.45, 2.75) is 46.1 Å². The monoisotopic (exact) mass is 413 g/mol. The van der Waals surface area contributed by atoms with Crippen molar-refractivity contribution in [1.82, 2.24) is 9.47 Å². The van der Waals surface area contributed by atoms with Crippen LogP contribution in [0.2, 0.25) is 0 Å². The zero-order chi connectivity index (χ0) is 21.6. The largest absolute Gasteiger partial charge is 0.374 e. The molecule has 3 nitrogen and oxygen atoms in total. The van der Waals surface area contributed by atoms with E-state index in [1.807, 2.05) is 0 Å². The average molecular weight is 414 g/mol. The van der Waals surface area contributed by atoms with E-state index in [4.69, 9.17) is 0 Å². The minimum atomic E-state index is 0.650. The van der Waals surface area contributed by atoms with Gasteiger partial charge in [0.25, 0.3) is 0 Å². The number of hydrogen-bond acceptors (Lipinski definition) is 2. The molecule has 1 aromatic heterocycles. The third-order valence-electron chi connectivity index (χ3n) is 6.66. The molecule has 0 unspecified atom stereocenters. The van der Waals surface area contributed by atoms with Gasteiger partial charge < -0.3 is 14.8 Å². The van der Waals surface area contributed by atoms with E-state index in [2.05, 4.69) is 96.1 Å². The van der Waals surface area contributed by atoms with Crippen molar-refractivity contribution >= 4 is 16.6 Å². The van der Waals surface area contributed by atoms with Crippen LogP contribution in [0.25, 0.3) is 10.9 Å². The maximum absolute atomic E-state index is 3.42. The Morgan fingerprint density at radius 2 is 1.84 bits per heavy atom. The summed E-state index contributed by atoms with van der Waals surface area (Å²) < 4.78 is 2.35. The highest BCUT2D eigenvalue weighted by Gasteiger charge is 2.17. The Bertz CT molecular complexity index is 1060. The lowest BCUT2D eigenvalue weighted by Crippen LogP contribution is -2.30. The van der Waals surface area contributed by atoms with E-state index in [0.717, 1.165) is 23.8 Å². The fraction of sp³-hybridized carbons (Fsp3) is 0.429. The second-order valence-corrected chi connectivity index (χ2v) is 8.93. The molecule has 1 aliphatic heterocycles. The van der Waals surface area contributed by atoms with Gasteiger partial charge >= 0.3 is 0 Å². The molecule has 2 aromatic carbocycles. The van der Waals surface area contributed by atoms with Crippen molar-refractivity contribution in [1.29, 1.82) is 0 Å². The number of fused-ring (bicyclic) bond motifs is 1. The molecule has 0 spiro atoms. The third-order valence-corrected chi connectivity index (χ3v) is 6.66. The molecule has 0 bridgehead atoms. The normalized spacial score (nSPS) is 15.1. The summed E-state index contributed by atoms with van der Waals surface area (Å²) in [5, 5.41) is 4.78. The molecular weight excluding hydrogens is 378 g/mol. The van der Waals surface area contributed by atoms with Gasteiger partial charge in [0, 0.05) is 23.1 Å². The molecule has 1 aliphatic rings. The number of nitrogens with zero attached hydrogens (tertiary/aromatic N) is 2. The molecule has 162 valence electrons. The number of aryl methyl sites for hydroxylation is 3. The molecule has 0 saturated carbocycles. The molecule has 0 aliphatic carbocycles. The summed E-state index contributed by atoms with van der Waals surface area (Å²) in [5.41, 5.74) is 6.31. The van der Waals surface area contributed by atoms with Crippen LogP contribution >= 0.6 is 0 Å². The summed E-state index contributed by atoms with van der Waals surface area (Å²) in [6.45, 7) is 8.40. The number of nitrogens with one attached hydrogen (secondary N) is 1. The third kappa shape index (κ3) is 5.32. The van der Waals surface area contributed by atoms with E-state index >= 15 is 0 Å². The predicted octanol–water partition coefficient (Wildman–Crippen LogP) is 5.71. The summed E-state index contributed by atoms with van der Waals surface area (Å²) in [6, 6.07) is 17.5. The molecule has 0 atom stereocenters. The van der Waals surface area contributed by atoms with Gasteiger partial charge in [-0.3, -0.25) is 0 Å². The van der Waals surface area contributed by atoms with Crippen molar-refractivity contribution in [3.63, 3.8) is 0 Å². The van der Waals surface area contributed by atoms with Gasteiger partial charge in [-0.05, 0) is 101 Å². The molecule has 2 heterocycles. The van der Waals surface area contributed by atoms with Crippen LogP contribution in [0.5, 0.6) is 0 Å². The Kier molecular flexibility index (Phi) is 6.99. The van der Waals surface area contributed by atoms with Crippen molar-refractivity contribution in [2.24, 2.45) is 5.92 Å². The van der Waals surface area contributed by atoms with E-state index in [1.165, 1.54) is 60.8 Å². The zero-order valence-corrected chi connectivity index (χ0v) is 19.2. The summed E-state index contributed by atoms with van der Waals surface area (Å²) in [7, 11) is 2.24. The topological polar surface area (TPSA) is 20.2 Å². The van der Waals surface area contributed by atoms with Gasteiger partial charge in [-0.1, -0.05) is 35.7 Å². The molecule has 4 rings (SSSR count). The van der Waals surface area contributed by atoms with E-state index in [-0.39, 0.29) is 0 Å². The van der Waals surface area contributed by atoms with Gasteiger partial charge in [0.1, 0.15) is 0 Å². The van der Waals surface area contributed by atoms with Crippen LogP contribution < -0.4 is 5.32 Å². The number of aromatic nitrogens is 1.